The van der Waals surface area contributed by atoms with E-state index in [0.717, 1.165) is 28.4 Å². The maximum atomic E-state index is 4.76. The summed E-state index contributed by atoms with van der Waals surface area (Å²) in [6.07, 6.45) is 6.03. The Hall–Kier alpha value is -1.55. The molecule has 1 unspecified atom stereocenters. The molecule has 0 radical (unpaired) electrons. The fraction of sp³-hybridized carbons (Fsp3) is 0.333. The van der Waals surface area contributed by atoms with E-state index >= 15 is 0 Å². The molecule has 0 spiro atoms. The zero-order chi connectivity index (χ0) is 13.1. The molecule has 2 aromatic rings. The van der Waals surface area contributed by atoms with E-state index in [9.17, 15) is 0 Å². The van der Waals surface area contributed by atoms with Crippen LogP contribution < -0.4 is 5.32 Å². The number of rotatable bonds is 2. The smallest absolute Gasteiger partial charge is 0.161 e. The van der Waals surface area contributed by atoms with Crippen molar-refractivity contribution in [2.24, 2.45) is 4.99 Å². The Balaban J connectivity index is 1.91. The van der Waals surface area contributed by atoms with Gasteiger partial charge in [0.1, 0.15) is 0 Å². The van der Waals surface area contributed by atoms with Crippen molar-refractivity contribution >= 4 is 33.4 Å². The lowest BCUT2D eigenvalue weighted by Gasteiger charge is -2.20. The number of aliphatic imine (C=N–C) groups is 1. The summed E-state index contributed by atoms with van der Waals surface area (Å²) in [5.41, 5.74) is 1.11. The molecule has 1 N–H and O–H groups in total. The van der Waals surface area contributed by atoms with Gasteiger partial charge < -0.3 is 5.32 Å². The zero-order valence-electron chi connectivity index (χ0n) is 11.0. The Kier molecular flexibility index (Phi) is 3.69. The number of hydrogen-bond donors (Lipinski definition) is 1. The van der Waals surface area contributed by atoms with Gasteiger partial charge in [0, 0.05) is 34.6 Å². The second-order valence-corrected chi connectivity index (χ2v) is 5.74. The van der Waals surface area contributed by atoms with Crippen molar-refractivity contribution in [3.8, 4) is 0 Å². The minimum absolute atomic E-state index is 0.473. The molecule has 0 saturated heterocycles. The quantitative estimate of drug-likeness (QED) is 0.899. The van der Waals surface area contributed by atoms with Crippen LogP contribution in [0.1, 0.15) is 19.8 Å². The summed E-state index contributed by atoms with van der Waals surface area (Å²) in [5.74, 6) is 1.15. The third kappa shape index (κ3) is 2.73. The molecule has 0 bridgehead atoms. The molecule has 1 aliphatic rings. The first kappa shape index (κ1) is 12.5. The Bertz CT molecular complexity index is 604. The van der Waals surface area contributed by atoms with Crippen LogP contribution in [0.2, 0.25) is 0 Å². The number of nitrogens with one attached hydrogen (secondary N) is 1. The summed E-state index contributed by atoms with van der Waals surface area (Å²) in [6.45, 7) is 2.20. The van der Waals surface area contributed by atoms with Crippen LogP contribution in [0, 0.1) is 0 Å². The van der Waals surface area contributed by atoms with Gasteiger partial charge in [-0.1, -0.05) is 30.8 Å². The normalized spacial score (nSPS) is 19.2. The van der Waals surface area contributed by atoms with Crippen molar-refractivity contribution in [1.82, 2.24) is 4.98 Å². The van der Waals surface area contributed by atoms with Gasteiger partial charge in [-0.25, -0.2) is 0 Å². The van der Waals surface area contributed by atoms with Gasteiger partial charge in [0.05, 0.1) is 6.04 Å². The van der Waals surface area contributed by atoms with Gasteiger partial charge in [-0.05, 0) is 25.0 Å². The molecule has 3 nitrogen and oxygen atoms in total. The average Bonchev–Trinajstić information content (AvgIpc) is 2.48. The predicted octanol–water partition coefficient (Wildman–Crippen LogP) is 3.92. The minimum Gasteiger partial charge on any atom is -0.334 e. The van der Waals surface area contributed by atoms with Crippen LogP contribution in [-0.4, -0.2) is 21.9 Å². The summed E-state index contributed by atoms with van der Waals surface area (Å²) in [5, 5.41) is 6.86. The van der Waals surface area contributed by atoms with Gasteiger partial charge in [-0.3, -0.25) is 9.98 Å². The number of nitrogens with zero attached hydrogens (tertiary/aromatic N) is 2. The van der Waals surface area contributed by atoms with E-state index in [1.54, 1.807) is 0 Å². The summed E-state index contributed by atoms with van der Waals surface area (Å²) < 4.78 is 0. The molecule has 0 amide bonds. The van der Waals surface area contributed by atoms with Crippen LogP contribution in [0.25, 0.3) is 10.8 Å². The van der Waals surface area contributed by atoms with Crippen molar-refractivity contribution < 1.29 is 0 Å². The van der Waals surface area contributed by atoms with E-state index in [0.29, 0.717) is 6.04 Å². The first-order valence-corrected chi connectivity index (χ1v) is 7.65. The van der Waals surface area contributed by atoms with Crippen LogP contribution in [0.4, 0.5) is 5.69 Å². The predicted molar refractivity (Wildman–Crippen MR) is 84.0 cm³/mol. The summed E-state index contributed by atoms with van der Waals surface area (Å²) >= 11 is 1.81. The molecule has 19 heavy (non-hydrogen) atoms. The lowest BCUT2D eigenvalue weighted by atomic mass is 10.1. The molecule has 1 aromatic carbocycles. The van der Waals surface area contributed by atoms with E-state index in [1.807, 2.05) is 30.2 Å². The van der Waals surface area contributed by atoms with Crippen LogP contribution in [0.3, 0.4) is 0 Å². The molecule has 98 valence electrons. The number of benzene rings is 1. The van der Waals surface area contributed by atoms with Crippen LogP contribution >= 0.6 is 11.8 Å². The molecule has 0 saturated carbocycles. The first-order valence-electron chi connectivity index (χ1n) is 6.67. The second kappa shape index (κ2) is 5.61. The summed E-state index contributed by atoms with van der Waals surface area (Å²) in [6, 6.07) is 8.75. The lowest BCUT2D eigenvalue weighted by Crippen LogP contribution is -2.19. The van der Waals surface area contributed by atoms with Gasteiger partial charge in [-0.2, -0.15) is 0 Å². The third-order valence-corrected chi connectivity index (χ3v) is 4.30. The summed E-state index contributed by atoms with van der Waals surface area (Å²) in [4.78, 5) is 8.92. The fourth-order valence-corrected chi connectivity index (χ4v) is 3.26. The monoisotopic (exact) mass is 271 g/mol. The van der Waals surface area contributed by atoms with Crippen molar-refractivity contribution in [3.63, 3.8) is 0 Å². The molecular formula is C15H17N3S. The Morgan fingerprint density at radius 3 is 3.21 bits per heavy atom. The molecule has 3 rings (SSSR count). The zero-order valence-corrected chi connectivity index (χ0v) is 11.8. The SMILES string of the molecule is CCC1CCSC(Nc2cccc3cnccc23)=N1. The average molecular weight is 271 g/mol. The summed E-state index contributed by atoms with van der Waals surface area (Å²) in [7, 11) is 0. The minimum atomic E-state index is 0.473. The van der Waals surface area contributed by atoms with Gasteiger partial charge in [-0.15, -0.1) is 0 Å². The Labute approximate surface area is 117 Å². The molecule has 0 fully saturated rings. The highest BCUT2D eigenvalue weighted by Gasteiger charge is 2.14. The highest BCUT2D eigenvalue weighted by atomic mass is 32.2. The maximum Gasteiger partial charge on any atom is 0.161 e. The van der Waals surface area contributed by atoms with Crippen LogP contribution in [0.5, 0.6) is 0 Å². The standard InChI is InChI=1S/C15H17N3S/c1-2-12-7-9-19-15(17-12)18-14-5-3-4-11-10-16-8-6-13(11)14/h3-6,8,10,12H,2,7,9H2,1H3,(H,17,18). The van der Waals surface area contributed by atoms with Gasteiger partial charge in [0.15, 0.2) is 5.17 Å². The van der Waals surface area contributed by atoms with Gasteiger partial charge in [0.2, 0.25) is 0 Å². The lowest BCUT2D eigenvalue weighted by molar-refractivity contribution is 0.634. The van der Waals surface area contributed by atoms with Crippen molar-refractivity contribution in [1.29, 1.82) is 0 Å². The van der Waals surface area contributed by atoms with Crippen molar-refractivity contribution in [2.75, 3.05) is 11.1 Å². The molecule has 1 atom stereocenters. The van der Waals surface area contributed by atoms with E-state index in [4.69, 9.17) is 4.99 Å². The number of amidine groups is 1. The molecule has 1 aliphatic heterocycles. The number of pyridine rings is 1. The van der Waals surface area contributed by atoms with E-state index in [1.165, 1.54) is 11.8 Å². The Morgan fingerprint density at radius 1 is 1.37 bits per heavy atom. The second-order valence-electron chi connectivity index (χ2n) is 4.66. The number of anilines is 1. The Morgan fingerprint density at radius 2 is 2.32 bits per heavy atom. The highest BCUT2D eigenvalue weighted by molar-refractivity contribution is 8.14. The molecule has 2 heterocycles. The number of thioether (sulfide) groups is 1. The first-order chi connectivity index (χ1) is 9.36. The van der Waals surface area contributed by atoms with Crippen LogP contribution in [-0.2, 0) is 0 Å². The maximum absolute atomic E-state index is 4.76. The van der Waals surface area contributed by atoms with Crippen molar-refractivity contribution in [3.05, 3.63) is 36.7 Å². The molecule has 0 aliphatic carbocycles. The van der Waals surface area contributed by atoms with E-state index in [2.05, 4.69) is 35.4 Å². The number of fused-ring (bicyclic) bond motifs is 1. The van der Waals surface area contributed by atoms with Gasteiger partial charge >= 0.3 is 0 Å². The van der Waals surface area contributed by atoms with Crippen molar-refractivity contribution in [2.45, 2.75) is 25.8 Å². The molecule has 1 aromatic heterocycles. The van der Waals surface area contributed by atoms with E-state index < -0.39 is 0 Å². The molecule has 4 heteroatoms. The highest BCUT2D eigenvalue weighted by Crippen LogP contribution is 2.26. The fourth-order valence-electron chi connectivity index (χ4n) is 2.27. The molecular weight excluding hydrogens is 254 g/mol. The number of aromatic nitrogens is 1. The largest absolute Gasteiger partial charge is 0.334 e. The number of hydrogen-bond acceptors (Lipinski definition) is 4. The topological polar surface area (TPSA) is 37.3 Å². The van der Waals surface area contributed by atoms with Gasteiger partial charge in [0.25, 0.3) is 0 Å². The third-order valence-electron chi connectivity index (χ3n) is 3.38. The van der Waals surface area contributed by atoms with E-state index in [-0.39, 0.29) is 0 Å². The van der Waals surface area contributed by atoms with Crippen LogP contribution in [0.15, 0.2) is 41.7 Å².